The molecule has 0 nitrogen and oxygen atoms in total. The Hall–Kier alpha value is -0.170. The van der Waals surface area contributed by atoms with E-state index in [-0.39, 0.29) is 0 Å². The first kappa shape index (κ1) is 4.98. The quantitative estimate of drug-likeness (QED) is 0.463. The molecule has 0 aromatic rings. The average Bonchev–Trinajstić information content (AvgIpc) is 1.69. The van der Waals surface area contributed by atoms with E-state index in [2.05, 4.69) is 18.1 Å². The first-order valence-corrected chi connectivity index (χ1v) is 3.40. The fraction of sp³-hybridized carbons (Fsp3) is 0.333. The van der Waals surface area contributed by atoms with Crippen molar-refractivity contribution in [2.45, 2.75) is 6.42 Å². The van der Waals surface area contributed by atoms with Crippen LogP contribution in [0.5, 0.6) is 0 Å². The second-order valence-corrected chi connectivity index (χ2v) is 2.60. The van der Waals surface area contributed by atoms with Crippen molar-refractivity contribution in [3.05, 3.63) is 23.6 Å². The zero-order valence-electron chi connectivity index (χ0n) is 4.18. The number of thioether (sulfide) groups is 1. The fourth-order valence-corrected chi connectivity index (χ4v) is 1.29. The van der Waals surface area contributed by atoms with E-state index < -0.39 is 0 Å². The molecule has 0 saturated heterocycles. The van der Waals surface area contributed by atoms with E-state index in [9.17, 15) is 0 Å². The van der Waals surface area contributed by atoms with Crippen LogP contribution in [0.3, 0.4) is 0 Å². The molecular formula is C6H8S. The van der Waals surface area contributed by atoms with Crippen molar-refractivity contribution in [3.8, 4) is 0 Å². The van der Waals surface area contributed by atoms with Crippen LogP contribution in [0.15, 0.2) is 23.6 Å². The van der Waals surface area contributed by atoms with Crippen molar-refractivity contribution in [1.29, 1.82) is 0 Å². The van der Waals surface area contributed by atoms with Crippen molar-refractivity contribution >= 4 is 11.8 Å². The summed E-state index contributed by atoms with van der Waals surface area (Å²) in [7, 11) is 0. The van der Waals surface area contributed by atoms with Crippen molar-refractivity contribution < 1.29 is 0 Å². The number of allylic oxidation sites excluding steroid dienone is 2. The topological polar surface area (TPSA) is 0 Å². The van der Waals surface area contributed by atoms with Gasteiger partial charge < -0.3 is 0 Å². The van der Waals surface area contributed by atoms with Gasteiger partial charge in [-0.3, -0.25) is 0 Å². The molecule has 1 aliphatic heterocycles. The Balaban J connectivity index is 2.51. The molecule has 1 rings (SSSR count). The molecule has 0 N–H and O–H groups in total. The minimum atomic E-state index is 1.17. The van der Waals surface area contributed by atoms with Crippen molar-refractivity contribution in [2.75, 3.05) is 5.75 Å². The Morgan fingerprint density at radius 2 is 2.57 bits per heavy atom. The van der Waals surface area contributed by atoms with Crippen molar-refractivity contribution in [1.82, 2.24) is 0 Å². The summed E-state index contributed by atoms with van der Waals surface area (Å²) in [5.41, 5.74) is 1.26. The largest absolute Gasteiger partial charge is 0.134 e. The summed E-state index contributed by atoms with van der Waals surface area (Å²) in [6.07, 6.45) is 3.25. The highest BCUT2D eigenvalue weighted by atomic mass is 32.2. The molecule has 0 unspecified atom stereocenters. The molecule has 0 aromatic heterocycles. The van der Waals surface area contributed by atoms with Crippen LogP contribution in [0.1, 0.15) is 6.42 Å². The highest BCUT2D eigenvalue weighted by molar-refractivity contribution is 8.02. The second-order valence-electron chi connectivity index (χ2n) is 1.58. The molecule has 0 bridgehead atoms. The molecule has 0 atom stereocenters. The lowest BCUT2D eigenvalue weighted by Crippen LogP contribution is -1.83. The van der Waals surface area contributed by atoms with Gasteiger partial charge in [-0.1, -0.05) is 18.2 Å². The maximum absolute atomic E-state index is 3.81. The zero-order valence-corrected chi connectivity index (χ0v) is 5.00. The Labute approximate surface area is 48.3 Å². The summed E-state index contributed by atoms with van der Waals surface area (Å²) in [6, 6.07) is 0. The number of rotatable bonds is 0. The van der Waals surface area contributed by atoms with Crippen LogP contribution in [-0.4, -0.2) is 5.75 Å². The Bertz CT molecular complexity index is 103. The van der Waals surface area contributed by atoms with Gasteiger partial charge in [0.25, 0.3) is 0 Å². The molecule has 1 heterocycles. The van der Waals surface area contributed by atoms with Crippen LogP contribution in [0.2, 0.25) is 0 Å². The highest BCUT2D eigenvalue weighted by Crippen LogP contribution is 2.16. The molecule has 38 valence electrons. The summed E-state index contributed by atoms with van der Waals surface area (Å²) >= 11 is 1.86. The van der Waals surface area contributed by atoms with E-state index in [0.717, 1.165) is 0 Å². The predicted molar refractivity (Wildman–Crippen MR) is 35.4 cm³/mol. The number of hydrogen-bond acceptors (Lipinski definition) is 1. The molecule has 0 amide bonds. The summed E-state index contributed by atoms with van der Waals surface area (Å²) in [5.74, 6) is 1.22. The normalized spacial score (nSPS) is 20.3. The first-order valence-electron chi connectivity index (χ1n) is 2.35. The van der Waals surface area contributed by atoms with Gasteiger partial charge in [0.1, 0.15) is 0 Å². The van der Waals surface area contributed by atoms with Gasteiger partial charge in [0.05, 0.1) is 0 Å². The van der Waals surface area contributed by atoms with Crippen molar-refractivity contribution in [2.24, 2.45) is 0 Å². The minimum absolute atomic E-state index is 1.17. The van der Waals surface area contributed by atoms with Gasteiger partial charge in [0.15, 0.2) is 0 Å². The second kappa shape index (κ2) is 2.22. The Kier molecular flexibility index (Phi) is 1.58. The van der Waals surface area contributed by atoms with E-state index in [1.165, 1.54) is 17.7 Å². The zero-order chi connectivity index (χ0) is 5.11. The Morgan fingerprint density at radius 3 is 2.86 bits per heavy atom. The highest BCUT2D eigenvalue weighted by Gasteiger charge is 1.93. The van der Waals surface area contributed by atoms with Crippen LogP contribution < -0.4 is 0 Å². The van der Waals surface area contributed by atoms with Gasteiger partial charge in [0.2, 0.25) is 0 Å². The third kappa shape index (κ3) is 1.39. The summed E-state index contributed by atoms with van der Waals surface area (Å²) in [4.78, 5) is 0. The standard InChI is InChI=1S/C6H8S/c1-6-2-4-7-5-3-6/h2,4H,1,3,5H2. The van der Waals surface area contributed by atoms with Crippen LogP contribution in [0, 0.1) is 0 Å². The summed E-state index contributed by atoms with van der Waals surface area (Å²) in [5, 5.41) is 2.10. The lowest BCUT2D eigenvalue weighted by atomic mass is 10.2. The van der Waals surface area contributed by atoms with E-state index in [1.807, 2.05) is 11.8 Å². The molecule has 1 aliphatic rings. The lowest BCUT2D eigenvalue weighted by Gasteiger charge is -2.01. The van der Waals surface area contributed by atoms with Gasteiger partial charge >= 0.3 is 0 Å². The molecule has 0 aromatic carbocycles. The van der Waals surface area contributed by atoms with E-state index in [0.29, 0.717) is 0 Å². The monoisotopic (exact) mass is 112 g/mol. The summed E-state index contributed by atoms with van der Waals surface area (Å²) < 4.78 is 0. The molecular weight excluding hydrogens is 104 g/mol. The number of hydrogen-bond donors (Lipinski definition) is 0. The van der Waals surface area contributed by atoms with Gasteiger partial charge in [-0.05, 0) is 11.8 Å². The lowest BCUT2D eigenvalue weighted by molar-refractivity contribution is 1.17. The molecule has 0 aliphatic carbocycles. The third-order valence-electron chi connectivity index (χ3n) is 0.941. The van der Waals surface area contributed by atoms with E-state index in [1.54, 1.807) is 0 Å². The minimum Gasteiger partial charge on any atom is -0.134 e. The first-order chi connectivity index (χ1) is 3.39. The van der Waals surface area contributed by atoms with Gasteiger partial charge in [-0.25, -0.2) is 0 Å². The van der Waals surface area contributed by atoms with Gasteiger partial charge in [0, 0.05) is 5.75 Å². The van der Waals surface area contributed by atoms with Crippen LogP contribution in [-0.2, 0) is 0 Å². The van der Waals surface area contributed by atoms with E-state index in [4.69, 9.17) is 0 Å². The molecule has 0 saturated carbocycles. The third-order valence-corrected chi connectivity index (χ3v) is 1.71. The Morgan fingerprint density at radius 1 is 1.71 bits per heavy atom. The molecule has 0 spiro atoms. The van der Waals surface area contributed by atoms with E-state index >= 15 is 0 Å². The van der Waals surface area contributed by atoms with Crippen LogP contribution in [0.25, 0.3) is 0 Å². The smallest absolute Gasteiger partial charge is 0.00144 e. The van der Waals surface area contributed by atoms with Crippen LogP contribution in [0.4, 0.5) is 0 Å². The summed E-state index contributed by atoms with van der Waals surface area (Å²) in [6.45, 7) is 3.81. The average molecular weight is 112 g/mol. The fourth-order valence-electron chi connectivity index (χ4n) is 0.486. The van der Waals surface area contributed by atoms with Gasteiger partial charge in [-0.2, -0.15) is 0 Å². The van der Waals surface area contributed by atoms with Crippen LogP contribution >= 0.6 is 11.8 Å². The molecule has 1 heteroatoms. The maximum atomic E-state index is 3.81. The SMILES string of the molecule is C=C1C=CSCC1. The molecule has 0 radical (unpaired) electrons. The van der Waals surface area contributed by atoms with Crippen molar-refractivity contribution in [3.63, 3.8) is 0 Å². The maximum Gasteiger partial charge on any atom is 0.00144 e. The molecule has 7 heavy (non-hydrogen) atoms. The molecule has 0 fully saturated rings. The van der Waals surface area contributed by atoms with Gasteiger partial charge in [-0.15, -0.1) is 11.8 Å². The predicted octanol–water partition coefficient (Wildman–Crippen LogP) is 2.19.